The summed E-state index contributed by atoms with van der Waals surface area (Å²) in [6, 6.07) is 0.388. The molecule has 2 aromatic heterocycles. The van der Waals surface area contributed by atoms with Gasteiger partial charge in [-0.1, -0.05) is 13.8 Å². The maximum absolute atomic E-state index is 5.31. The van der Waals surface area contributed by atoms with Crippen LogP contribution in [0.5, 0.6) is 5.75 Å². The second-order valence-electron chi connectivity index (χ2n) is 3.92. The first-order valence-electron chi connectivity index (χ1n) is 6.02. The Kier molecular flexibility index (Phi) is 4.49. The molecule has 0 amide bonds. The van der Waals surface area contributed by atoms with Gasteiger partial charge in [0.15, 0.2) is 5.75 Å². The Morgan fingerprint density at radius 3 is 2.47 bits per heavy atom. The molecule has 2 aromatic rings. The molecule has 94 valence electrons. The van der Waals surface area contributed by atoms with Crippen LogP contribution < -0.4 is 4.74 Å². The second kappa shape index (κ2) is 5.66. The van der Waals surface area contributed by atoms with Crippen LogP contribution in [0.3, 0.4) is 0 Å². The molecule has 0 aliphatic rings. The molecule has 4 nitrogen and oxygen atoms in total. The van der Waals surface area contributed by atoms with Crippen LogP contribution in [0.15, 0.2) is 12.4 Å². The molecule has 0 saturated heterocycles. The SMILES string of the molecule is CC.COc1cnnc2c(C)cn(C(C)C)c12. The Bertz CT molecular complexity index is 489. The summed E-state index contributed by atoms with van der Waals surface area (Å²) in [4.78, 5) is 0. The average Bonchev–Trinajstić information content (AvgIpc) is 2.70. The number of hydrogen-bond donors (Lipinski definition) is 0. The average molecular weight is 235 g/mol. The number of hydrogen-bond acceptors (Lipinski definition) is 3. The third-order valence-corrected chi connectivity index (χ3v) is 2.53. The zero-order chi connectivity index (χ0) is 13.0. The predicted octanol–water partition coefficient (Wildman–Crippen LogP) is 3.36. The number of aryl methyl sites for hydroxylation is 1. The van der Waals surface area contributed by atoms with Crippen molar-refractivity contribution in [1.82, 2.24) is 14.8 Å². The second-order valence-corrected chi connectivity index (χ2v) is 3.92. The van der Waals surface area contributed by atoms with Crippen molar-refractivity contribution in [3.8, 4) is 5.75 Å². The van der Waals surface area contributed by atoms with Gasteiger partial charge in [-0.2, -0.15) is 5.10 Å². The van der Waals surface area contributed by atoms with Crippen molar-refractivity contribution in [2.45, 2.75) is 40.7 Å². The highest BCUT2D eigenvalue weighted by Gasteiger charge is 2.13. The van der Waals surface area contributed by atoms with Crippen LogP contribution in [-0.2, 0) is 0 Å². The van der Waals surface area contributed by atoms with Crippen LogP contribution in [0.1, 0.15) is 39.3 Å². The lowest BCUT2D eigenvalue weighted by Gasteiger charge is -2.10. The van der Waals surface area contributed by atoms with E-state index in [4.69, 9.17) is 4.74 Å². The minimum absolute atomic E-state index is 0.388. The molecule has 2 heterocycles. The largest absolute Gasteiger partial charge is 0.493 e. The highest BCUT2D eigenvalue weighted by Crippen LogP contribution is 2.28. The van der Waals surface area contributed by atoms with Crippen LogP contribution in [0.25, 0.3) is 11.0 Å². The molecule has 0 aromatic carbocycles. The molecule has 4 heteroatoms. The fraction of sp³-hybridized carbons (Fsp3) is 0.538. The molecule has 0 N–H and O–H groups in total. The van der Waals surface area contributed by atoms with E-state index in [9.17, 15) is 0 Å². The van der Waals surface area contributed by atoms with E-state index in [1.54, 1.807) is 13.3 Å². The summed E-state index contributed by atoms with van der Waals surface area (Å²) >= 11 is 0. The Hall–Kier alpha value is -1.58. The van der Waals surface area contributed by atoms with E-state index in [0.29, 0.717) is 6.04 Å². The first-order chi connectivity index (χ1) is 8.15. The van der Waals surface area contributed by atoms with E-state index in [1.165, 1.54) is 0 Å². The van der Waals surface area contributed by atoms with Crippen molar-refractivity contribution in [2.24, 2.45) is 0 Å². The Balaban J connectivity index is 0.000000686. The normalized spacial score (nSPS) is 10.3. The molecule has 0 unspecified atom stereocenters. The van der Waals surface area contributed by atoms with Gasteiger partial charge in [0.25, 0.3) is 0 Å². The van der Waals surface area contributed by atoms with Crippen molar-refractivity contribution in [3.63, 3.8) is 0 Å². The first-order valence-corrected chi connectivity index (χ1v) is 6.02. The van der Waals surface area contributed by atoms with Crippen molar-refractivity contribution in [3.05, 3.63) is 18.0 Å². The standard InChI is InChI=1S/C11H15N3O.C2H6/c1-7(2)14-6-8(3)10-11(14)9(15-4)5-12-13-10;1-2/h5-7H,1-4H3;1-2H3. The summed E-state index contributed by atoms with van der Waals surface area (Å²) in [5.74, 6) is 0.779. The summed E-state index contributed by atoms with van der Waals surface area (Å²) in [5.41, 5.74) is 3.08. The summed E-state index contributed by atoms with van der Waals surface area (Å²) < 4.78 is 7.47. The smallest absolute Gasteiger partial charge is 0.164 e. The minimum Gasteiger partial charge on any atom is -0.493 e. The van der Waals surface area contributed by atoms with Crippen LogP contribution in [0.2, 0.25) is 0 Å². The van der Waals surface area contributed by atoms with Crippen LogP contribution >= 0.6 is 0 Å². The maximum Gasteiger partial charge on any atom is 0.164 e. The number of aromatic nitrogens is 3. The number of ether oxygens (including phenoxy) is 1. The monoisotopic (exact) mass is 235 g/mol. The fourth-order valence-electron chi connectivity index (χ4n) is 1.77. The predicted molar refractivity (Wildman–Crippen MR) is 70.6 cm³/mol. The van der Waals surface area contributed by atoms with Gasteiger partial charge in [-0.05, 0) is 26.3 Å². The van der Waals surface area contributed by atoms with E-state index in [1.807, 2.05) is 20.8 Å². The molecule has 0 aliphatic carbocycles. The molecule has 0 aliphatic heterocycles. The summed E-state index contributed by atoms with van der Waals surface area (Å²) in [6.07, 6.45) is 3.74. The van der Waals surface area contributed by atoms with E-state index in [0.717, 1.165) is 22.3 Å². The fourth-order valence-corrected chi connectivity index (χ4v) is 1.77. The van der Waals surface area contributed by atoms with Crippen LogP contribution in [-0.4, -0.2) is 21.9 Å². The van der Waals surface area contributed by atoms with Crippen molar-refractivity contribution in [2.75, 3.05) is 7.11 Å². The highest BCUT2D eigenvalue weighted by atomic mass is 16.5. The topological polar surface area (TPSA) is 39.9 Å². The molecule has 0 bridgehead atoms. The molecular formula is C13H21N3O. The zero-order valence-electron chi connectivity index (χ0n) is 11.5. The van der Waals surface area contributed by atoms with E-state index < -0.39 is 0 Å². The summed E-state index contributed by atoms with van der Waals surface area (Å²) in [5, 5.41) is 8.07. The maximum atomic E-state index is 5.31. The number of nitrogens with zero attached hydrogens (tertiary/aromatic N) is 3. The van der Waals surface area contributed by atoms with E-state index in [-0.39, 0.29) is 0 Å². The Morgan fingerprint density at radius 2 is 1.94 bits per heavy atom. The van der Waals surface area contributed by atoms with Crippen LogP contribution in [0, 0.1) is 6.92 Å². The van der Waals surface area contributed by atoms with Gasteiger partial charge in [-0.3, -0.25) is 0 Å². The molecule has 0 atom stereocenters. The van der Waals surface area contributed by atoms with Gasteiger partial charge in [0.05, 0.1) is 13.3 Å². The van der Waals surface area contributed by atoms with Crippen molar-refractivity contribution >= 4 is 11.0 Å². The van der Waals surface area contributed by atoms with Gasteiger partial charge in [0, 0.05) is 12.2 Å². The van der Waals surface area contributed by atoms with Crippen molar-refractivity contribution < 1.29 is 4.74 Å². The van der Waals surface area contributed by atoms with E-state index in [2.05, 4.69) is 34.8 Å². The molecule has 0 saturated carbocycles. The van der Waals surface area contributed by atoms with Crippen LogP contribution in [0.4, 0.5) is 0 Å². The summed E-state index contributed by atoms with van der Waals surface area (Å²) in [7, 11) is 1.66. The minimum atomic E-state index is 0.388. The van der Waals surface area contributed by atoms with Gasteiger partial charge in [0.2, 0.25) is 0 Å². The molecular weight excluding hydrogens is 214 g/mol. The first kappa shape index (κ1) is 13.5. The lowest BCUT2D eigenvalue weighted by atomic mass is 10.3. The van der Waals surface area contributed by atoms with Gasteiger partial charge in [-0.15, -0.1) is 5.10 Å². The number of fused-ring (bicyclic) bond motifs is 1. The third kappa shape index (κ3) is 2.40. The third-order valence-electron chi connectivity index (χ3n) is 2.53. The van der Waals surface area contributed by atoms with Crippen molar-refractivity contribution in [1.29, 1.82) is 0 Å². The highest BCUT2D eigenvalue weighted by molar-refractivity contribution is 5.84. The molecule has 17 heavy (non-hydrogen) atoms. The molecule has 0 fully saturated rings. The van der Waals surface area contributed by atoms with Gasteiger partial charge in [-0.25, -0.2) is 0 Å². The van der Waals surface area contributed by atoms with E-state index >= 15 is 0 Å². The summed E-state index contributed by atoms with van der Waals surface area (Å²) in [6.45, 7) is 10.3. The van der Waals surface area contributed by atoms with Gasteiger partial charge < -0.3 is 9.30 Å². The molecule has 0 spiro atoms. The lowest BCUT2D eigenvalue weighted by Crippen LogP contribution is -2.00. The number of rotatable bonds is 2. The molecule has 2 rings (SSSR count). The Morgan fingerprint density at radius 1 is 1.29 bits per heavy atom. The zero-order valence-corrected chi connectivity index (χ0v) is 11.5. The van der Waals surface area contributed by atoms with Gasteiger partial charge in [0.1, 0.15) is 11.0 Å². The van der Waals surface area contributed by atoms with Gasteiger partial charge >= 0.3 is 0 Å². The lowest BCUT2D eigenvalue weighted by molar-refractivity contribution is 0.413. The quantitative estimate of drug-likeness (QED) is 0.801. The number of methoxy groups -OCH3 is 1. The Labute approximate surface area is 103 Å². The molecule has 0 radical (unpaired) electrons.